The zero-order valence-corrected chi connectivity index (χ0v) is 6.70. The van der Waals surface area contributed by atoms with E-state index in [1.807, 2.05) is 0 Å². The standard InChI is InChI=1S/C3H9ClO3P/c1-5-8(4,6-2)7-3/h1-3H3/q+1. The molecule has 0 saturated carbocycles. The molecule has 50 valence electrons. The minimum absolute atomic E-state index is 1.44. The number of halogens is 1. The van der Waals surface area contributed by atoms with Crippen LogP contribution in [0.2, 0.25) is 0 Å². The van der Waals surface area contributed by atoms with Crippen molar-refractivity contribution >= 4 is 18.5 Å². The Bertz CT molecular complexity index is 57.3. The molecule has 0 aliphatic rings. The number of rotatable bonds is 3. The molecule has 0 aliphatic heterocycles. The smallest absolute Gasteiger partial charge is 0.167 e. The summed E-state index contributed by atoms with van der Waals surface area (Å²) in [6.07, 6.45) is 0. The number of hydrogen-bond acceptors (Lipinski definition) is 3. The Morgan fingerprint density at radius 3 is 1.25 bits per heavy atom. The second kappa shape index (κ2) is 3.59. The first kappa shape index (κ1) is 8.60. The van der Waals surface area contributed by atoms with Crippen LogP contribution < -0.4 is 0 Å². The van der Waals surface area contributed by atoms with Crippen molar-refractivity contribution < 1.29 is 13.6 Å². The minimum Gasteiger partial charge on any atom is -0.167 e. The summed E-state index contributed by atoms with van der Waals surface area (Å²) < 4.78 is 14.0. The van der Waals surface area contributed by atoms with Crippen molar-refractivity contribution in [2.24, 2.45) is 0 Å². The van der Waals surface area contributed by atoms with E-state index in [1.165, 1.54) is 21.3 Å². The summed E-state index contributed by atoms with van der Waals surface area (Å²) in [4.78, 5) is 0. The molecule has 0 rings (SSSR count). The van der Waals surface area contributed by atoms with E-state index in [2.05, 4.69) is 13.6 Å². The van der Waals surface area contributed by atoms with Crippen LogP contribution in [0.4, 0.5) is 0 Å². The Morgan fingerprint density at radius 2 is 1.25 bits per heavy atom. The van der Waals surface area contributed by atoms with E-state index in [-0.39, 0.29) is 0 Å². The SMILES string of the molecule is CO[P+](Cl)(OC)OC. The maximum atomic E-state index is 5.54. The Hall–Kier alpha value is 0.600. The first-order valence-electron chi connectivity index (χ1n) is 1.94. The van der Waals surface area contributed by atoms with Gasteiger partial charge in [0.15, 0.2) is 11.2 Å². The average molecular weight is 160 g/mol. The maximum absolute atomic E-state index is 5.54. The summed E-state index contributed by atoms with van der Waals surface area (Å²) >= 11 is 5.54. The van der Waals surface area contributed by atoms with Gasteiger partial charge in [0.05, 0.1) is 21.3 Å². The average Bonchev–Trinajstić information content (AvgIpc) is 1.87. The molecule has 0 bridgehead atoms. The van der Waals surface area contributed by atoms with Crippen LogP contribution in [-0.2, 0) is 13.6 Å². The summed E-state index contributed by atoms with van der Waals surface area (Å²) in [5.41, 5.74) is 0. The molecular weight excluding hydrogens is 150 g/mol. The van der Waals surface area contributed by atoms with Crippen molar-refractivity contribution in [3.05, 3.63) is 0 Å². The minimum atomic E-state index is -2.44. The summed E-state index contributed by atoms with van der Waals surface area (Å²) in [6, 6.07) is 0. The predicted octanol–water partition coefficient (Wildman–Crippen LogP) is 1.84. The first-order chi connectivity index (χ1) is 3.68. The molecule has 8 heavy (non-hydrogen) atoms. The van der Waals surface area contributed by atoms with E-state index >= 15 is 0 Å². The monoisotopic (exact) mass is 159 g/mol. The molecule has 0 aromatic rings. The predicted molar refractivity (Wildman–Crippen MR) is 33.8 cm³/mol. The molecule has 0 unspecified atom stereocenters. The van der Waals surface area contributed by atoms with Crippen LogP contribution in [0.15, 0.2) is 0 Å². The lowest BCUT2D eigenvalue weighted by atomic mass is 11.8. The third-order valence-corrected chi connectivity index (χ3v) is 3.20. The van der Waals surface area contributed by atoms with Crippen molar-refractivity contribution in [3.63, 3.8) is 0 Å². The fourth-order valence-corrected chi connectivity index (χ4v) is 0.671. The van der Waals surface area contributed by atoms with Crippen LogP contribution in [0.5, 0.6) is 0 Å². The van der Waals surface area contributed by atoms with Crippen LogP contribution in [0.25, 0.3) is 0 Å². The number of hydrogen-bond donors (Lipinski definition) is 0. The largest absolute Gasteiger partial charge is 0.523 e. The topological polar surface area (TPSA) is 27.7 Å². The molecule has 0 fully saturated rings. The highest BCUT2D eigenvalue weighted by Gasteiger charge is 2.39. The van der Waals surface area contributed by atoms with Gasteiger partial charge < -0.3 is 0 Å². The third-order valence-electron chi connectivity index (χ3n) is 0.654. The lowest BCUT2D eigenvalue weighted by Crippen LogP contribution is -1.91. The molecule has 0 amide bonds. The van der Waals surface area contributed by atoms with Crippen LogP contribution in [-0.4, -0.2) is 21.3 Å². The third kappa shape index (κ3) is 2.25. The van der Waals surface area contributed by atoms with E-state index in [4.69, 9.17) is 11.2 Å². The molecule has 3 nitrogen and oxygen atoms in total. The van der Waals surface area contributed by atoms with Crippen molar-refractivity contribution in [2.75, 3.05) is 21.3 Å². The summed E-state index contributed by atoms with van der Waals surface area (Å²) in [6.45, 7) is 0. The van der Waals surface area contributed by atoms with Crippen molar-refractivity contribution in [3.8, 4) is 0 Å². The van der Waals surface area contributed by atoms with Crippen molar-refractivity contribution in [1.29, 1.82) is 0 Å². The van der Waals surface area contributed by atoms with E-state index in [0.717, 1.165) is 0 Å². The molecule has 0 aromatic heterocycles. The van der Waals surface area contributed by atoms with Gasteiger partial charge in [0.1, 0.15) is 0 Å². The van der Waals surface area contributed by atoms with Gasteiger partial charge in [0.2, 0.25) is 0 Å². The van der Waals surface area contributed by atoms with Gasteiger partial charge in [-0.2, -0.15) is 13.6 Å². The normalized spacial score (nSPS) is 12.0. The lowest BCUT2D eigenvalue weighted by Gasteiger charge is -2.05. The van der Waals surface area contributed by atoms with Gasteiger partial charge in [-0.15, -0.1) is 0 Å². The Morgan fingerprint density at radius 1 is 1.00 bits per heavy atom. The summed E-state index contributed by atoms with van der Waals surface area (Å²) in [5.74, 6) is 0. The highest BCUT2D eigenvalue weighted by atomic mass is 35.7. The maximum Gasteiger partial charge on any atom is 0.523 e. The molecule has 0 radical (unpaired) electrons. The highest BCUT2D eigenvalue weighted by Crippen LogP contribution is 2.65. The molecule has 0 N–H and O–H groups in total. The second-order valence-electron chi connectivity index (χ2n) is 0.978. The quantitative estimate of drug-likeness (QED) is 0.588. The van der Waals surface area contributed by atoms with E-state index < -0.39 is 7.30 Å². The van der Waals surface area contributed by atoms with Crippen LogP contribution >= 0.6 is 18.5 Å². The molecular formula is C3H9ClO3P+. The van der Waals surface area contributed by atoms with Gasteiger partial charge in [-0.1, -0.05) is 0 Å². The lowest BCUT2D eigenvalue weighted by molar-refractivity contribution is 0.229. The van der Waals surface area contributed by atoms with E-state index in [9.17, 15) is 0 Å². The van der Waals surface area contributed by atoms with E-state index in [0.29, 0.717) is 0 Å². The molecule has 0 spiro atoms. The van der Waals surface area contributed by atoms with Crippen molar-refractivity contribution in [1.82, 2.24) is 0 Å². The van der Waals surface area contributed by atoms with Crippen LogP contribution in [0.3, 0.4) is 0 Å². The van der Waals surface area contributed by atoms with Crippen molar-refractivity contribution in [2.45, 2.75) is 0 Å². The molecule has 0 heterocycles. The molecule has 5 heteroatoms. The van der Waals surface area contributed by atoms with Crippen LogP contribution in [0, 0.1) is 0 Å². The Labute approximate surface area is 54.2 Å². The van der Waals surface area contributed by atoms with Gasteiger partial charge in [0.25, 0.3) is 0 Å². The van der Waals surface area contributed by atoms with Gasteiger partial charge in [-0.25, -0.2) is 0 Å². The summed E-state index contributed by atoms with van der Waals surface area (Å²) in [5, 5.41) is 0. The molecule has 0 aliphatic carbocycles. The van der Waals surface area contributed by atoms with Gasteiger partial charge in [-0.3, -0.25) is 0 Å². The molecule has 0 saturated heterocycles. The fraction of sp³-hybridized carbons (Fsp3) is 1.00. The highest BCUT2D eigenvalue weighted by molar-refractivity contribution is 7.87. The van der Waals surface area contributed by atoms with Gasteiger partial charge >= 0.3 is 7.30 Å². The first-order valence-corrected chi connectivity index (χ1v) is 4.39. The fourth-order valence-electron chi connectivity index (χ4n) is 0.224. The Balaban J connectivity index is 3.58. The summed E-state index contributed by atoms with van der Waals surface area (Å²) in [7, 11) is 1.88. The molecule has 0 aromatic carbocycles. The zero-order valence-electron chi connectivity index (χ0n) is 5.05. The van der Waals surface area contributed by atoms with Gasteiger partial charge in [-0.05, 0) is 0 Å². The molecule has 0 atom stereocenters. The Kier molecular flexibility index (Phi) is 3.86. The second-order valence-corrected chi connectivity index (χ2v) is 4.18. The zero-order chi connectivity index (χ0) is 6.62. The van der Waals surface area contributed by atoms with E-state index in [1.54, 1.807) is 0 Å². The van der Waals surface area contributed by atoms with Gasteiger partial charge in [0, 0.05) is 0 Å². The van der Waals surface area contributed by atoms with Crippen LogP contribution in [0.1, 0.15) is 0 Å².